The highest BCUT2D eigenvalue weighted by molar-refractivity contribution is 8.03. The minimum Gasteiger partial charge on any atom is -0.506 e. The molecule has 0 unspecified atom stereocenters. The summed E-state index contributed by atoms with van der Waals surface area (Å²) in [5, 5.41) is 14.3. The number of hydrogen-bond acceptors (Lipinski definition) is 7. The first-order valence-electron chi connectivity index (χ1n) is 12.7. The van der Waals surface area contributed by atoms with Crippen molar-refractivity contribution in [3.63, 3.8) is 0 Å². The van der Waals surface area contributed by atoms with Gasteiger partial charge in [-0.05, 0) is 55.5 Å². The van der Waals surface area contributed by atoms with Crippen molar-refractivity contribution in [3.8, 4) is 11.5 Å². The molecule has 2 aliphatic rings. The molecule has 9 heteroatoms. The predicted octanol–water partition coefficient (Wildman–Crippen LogP) is 7.28. The van der Waals surface area contributed by atoms with Crippen molar-refractivity contribution in [2.75, 3.05) is 22.6 Å². The molecule has 39 heavy (non-hydrogen) atoms. The van der Waals surface area contributed by atoms with Gasteiger partial charge in [0.05, 0.1) is 11.7 Å². The molecule has 3 aromatic rings. The van der Waals surface area contributed by atoms with E-state index in [9.17, 15) is 9.90 Å². The molecular formula is C30H32FN3O4S. The van der Waals surface area contributed by atoms with Crippen molar-refractivity contribution < 1.29 is 23.4 Å². The van der Waals surface area contributed by atoms with Gasteiger partial charge in [0.2, 0.25) is 0 Å². The molecule has 0 fully saturated rings. The fourth-order valence-corrected chi connectivity index (χ4v) is 6.30. The molecule has 5 rings (SSSR count). The second-order valence-electron chi connectivity index (χ2n) is 10.9. The van der Waals surface area contributed by atoms with E-state index in [4.69, 9.17) is 9.15 Å². The summed E-state index contributed by atoms with van der Waals surface area (Å²) in [7, 11) is 0. The SMILES string of the molecule is C=C(C)COc1ccc([C@@H]2C3=C(CC(C)(C)CS3)Nc3c(O)cccc3N2C(=O)c2nc(C)oc2C)c(F)c1. The van der Waals surface area contributed by atoms with Gasteiger partial charge in [-0.2, -0.15) is 0 Å². The Morgan fingerprint density at radius 3 is 2.77 bits per heavy atom. The fourth-order valence-electron chi connectivity index (χ4n) is 4.97. The van der Waals surface area contributed by atoms with Gasteiger partial charge in [-0.15, -0.1) is 11.8 Å². The number of halogens is 1. The Hall–Kier alpha value is -3.72. The minimum absolute atomic E-state index is 0.0109. The molecule has 204 valence electrons. The molecule has 1 amide bonds. The largest absolute Gasteiger partial charge is 0.506 e. The molecule has 0 spiro atoms. The number of phenols is 1. The third kappa shape index (κ3) is 5.15. The monoisotopic (exact) mass is 549 g/mol. The Labute approximate surface area is 231 Å². The van der Waals surface area contributed by atoms with Gasteiger partial charge >= 0.3 is 0 Å². The van der Waals surface area contributed by atoms with E-state index in [1.54, 1.807) is 55.9 Å². The molecule has 0 saturated heterocycles. The number of hydrogen-bond donors (Lipinski definition) is 2. The average molecular weight is 550 g/mol. The molecule has 0 radical (unpaired) electrons. The molecule has 0 aliphatic carbocycles. The summed E-state index contributed by atoms with van der Waals surface area (Å²) in [6.07, 6.45) is 0.658. The van der Waals surface area contributed by atoms with Crippen LogP contribution in [0.1, 0.15) is 60.9 Å². The van der Waals surface area contributed by atoms with Crippen LogP contribution >= 0.6 is 11.8 Å². The highest BCUT2D eigenvalue weighted by Crippen LogP contribution is 2.54. The first kappa shape index (κ1) is 26.9. The fraction of sp³-hybridized carbons (Fsp3) is 0.333. The number of carbonyl (C=O) groups excluding carboxylic acids is 1. The first-order valence-corrected chi connectivity index (χ1v) is 13.7. The van der Waals surface area contributed by atoms with Gasteiger partial charge in [0.25, 0.3) is 5.91 Å². The van der Waals surface area contributed by atoms with Crippen molar-refractivity contribution in [3.05, 3.63) is 87.9 Å². The molecule has 2 aliphatic heterocycles. The van der Waals surface area contributed by atoms with Gasteiger partial charge in [0, 0.05) is 34.9 Å². The minimum atomic E-state index is -0.823. The van der Waals surface area contributed by atoms with Crippen molar-refractivity contribution >= 4 is 29.0 Å². The maximum atomic E-state index is 16.0. The van der Waals surface area contributed by atoms with E-state index < -0.39 is 17.8 Å². The third-order valence-corrected chi connectivity index (χ3v) is 8.42. The van der Waals surface area contributed by atoms with Crippen LogP contribution in [-0.4, -0.2) is 28.4 Å². The lowest BCUT2D eigenvalue weighted by Crippen LogP contribution is -2.37. The molecular weight excluding hydrogens is 517 g/mol. The summed E-state index contributed by atoms with van der Waals surface area (Å²) in [5.41, 5.74) is 2.86. The molecule has 2 aromatic carbocycles. The molecule has 1 aromatic heterocycles. The van der Waals surface area contributed by atoms with E-state index in [1.807, 2.05) is 6.92 Å². The summed E-state index contributed by atoms with van der Waals surface area (Å²) in [5.74, 6) is 0.897. The zero-order valence-corrected chi connectivity index (χ0v) is 23.5. The molecule has 1 atom stereocenters. The second kappa shape index (κ2) is 10.1. The average Bonchev–Trinajstić information content (AvgIpc) is 3.13. The smallest absolute Gasteiger partial charge is 0.281 e. The number of benzene rings is 2. The lowest BCUT2D eigenvalue weighted by atomic mass is 9.88. The summed E-state index contributed by atoms with van der Waals surface area (Å²) in [6.45, 7) is 13.6. The highest BCUT2D eigenvalue weighted by atomic mass is 32.2. The van der Waals surface area contributed by atoms with Crippen LogP contribution in [0.4, 0.5) is 15.8 Å². The Balaban J connectivity index is 1.74. The quantitative estimate of drug-likeness (QED) is 0.255. The number of anilines is 2. The van der Waals surface area contributed by atoms with Crippen LogP contribution in [0.3, 0.4) is 0 Å². The second-order valence-corrected chi connectivity index (χ2v) is 11.9. The van der Waals surface area contributed by atoms with Crippen LogP contribution < -0.4 is 15.0 Å². The van der Waals surface area contributed by atoms with E-state index in [0.29, 0.717) is 40.8 Å². The number of thioether (sulfide) groups is 1. The number of fused-ring (bicyclic) bond motifs is 1. The Morgan fingerprint density at radius 1 is 1.33 bits per heavy atom. The number of phenolic OH excluding ortho intramolecular Hbond substituents is 1. The van der Waals surface area contributed by atoms with Gasteiger partial charge in [-0.25, -0.2) is 9.37 Å². The van der Waals surface area contributed by atoms with E-state index in [2.05, 4.69) is 30.7 Å². The van der Waals surface area contributed by atoms with Crippen molar-refractivity contribution in [2.24, 2.45) is 5.41 Å². The van der Waals surface area contributed by atoms with E-state index in [-0.39, 0.29) is 23.5 Å². The molecule has 0 saturated carbocycles. The zero-order chi connectivity index (χ0) is 28.1. The van der Waals surface area contributed by atoms with Crippen LogP contribution in [0.2, 0.25) is 0 Å². The number of amides is 1. The van der Waals surface area contributed by atoms with Crippen LogP contribution in [0.5, 0.6) is 11.5 Å². The number of oxazole rings is 1. The predicted molar refractivity (Wildman–Crippen MR) is 152 cm³/mol. The van der Waals surface area contributed by atoms with E-state index in [1.165, 1.54) is 11.0 Å². The van der Waals surface area contributed by atoms with Crippen molar-refractivity contribution in [2.45, 2.75) is 47.1 Å². The number of para-hydroxylation sites is 1. The topological polar surface area (TPSA) is 87.8 Å². The molecule has 3 heterocycles. The number of ether oxygens (including phenoxy) is 1. The Bertz CT molecular complexity index is 1510. The molecule has 2 N–H and O–H groups in total. The van der Waals surface area contributed by atoms with Crippen LogP contribution in [0, 0.1) is 25.1 Å². The molecule has 0 bridgehead atoms. The number of carbonyl (C=O) groups is 1. The summed E-state index contributed by atoms with van der Waals surface area (Å²) >= 11 is 1.59. The Kier molecular flexibility index (Phi) is 6.97. The van der Waals surface area contributed by atoms with Crippen LogP contribution in [0.15, 0.2) is 63.6 Å². The standard InChI is InChI=1S/C30H32FN3O4S/c1-16(2)14-37-19-10-11-20(21(31)12-19)27-28-22(13-30(5,6)15-39-28)33-26-23(8-7-9-24(26)35)34(27)29(36)25-17(3)38-18(4)32-25/h7-12,27,33,35H,1,13-15H2,2-6H3/t27-/m1/s1. The third-order valence-electron chi connectivity index (χ3n) is 6.71. The van der Waals surface area contributed by atoms with Crippen LogP contribution in [-0.2, 0) is 0 Å². The zero-order valence-electron chi connectivity index (χ0n) is 22.7. The van der Waals surface area contributed by atoms with Crippen LogP contribution in [0.25, 0.3) is 0 Å². The number of nitrogens with one attached hydrogen (secondary N) is 1. The number of aromatic hydroxyl groups is 1. The summed E-state index contributed by atoms with van der Waals surface area (Å²) in [4.78, 5) is 21.0. The van der Waals surface area contributed by atoms with Gasteiger partial charge in [-0.3, -0.25) is 9.69 Å². The first-order chi connectivity index (χ1) is 18.4. The van der Waals surface area contributed by atoms with Gasteiger partial charge < -0.3 is 19.6 Å². The van der Waals surface area contributed by atoms with E-state index >= 15 is 4.39 Å². The number of rotatable bonds is 5. The van der Waals surface area contributed by atoms with Gasteiger partial charge in [-0.1, -0.05) is 26.5 Å². The lowest BCUT2D eigenvalue weighted by molar-refractivity contribution is 0.0974. The normalized spacial score (nSPS) is 18.1. The number of nitrogens with zero attached hydrogens (tertiary/aromatic N) is 2. The summed E-state index contributed by atoms with van der Waals surface area (Å²) < 4.78 is 27.3. The maximum Gasteiger partial charge on any atom is 0.281 e. The van der Waals surface area contributed by atoms with Gasteiger partial charge in [0.1, 0.15) is 35.4 Å². The van der Waals surface area contributed by atoms with E-state index in [0.717, 1.165) is 21.9 Å². The maximum absolute atomic E-state index is 16.0. The number of allylic oxidation sites excluding steroid dienone is 1. The number of aromatic nitrogens is 1. The van der Waals surface area contributed by atoms with Gasteiger partial charge in [0.15, 0.2) is 11.6 Å². The number of aryl methyl sites for hydroxylation is 2. The summed E-state index contributed by atoms with van der Waals surface area (Å²) in [6, 6.07) is 8.85. The van der Waals surface area contributed by atoms with Crippen molar-refractivity contribution in [1.82, 2.24) is 4.98 Å². The van der Waals surface area contributed by atoms with Crippen molar-refractivity contribution in [1.29, 1.82) is 0 Å². The molecule has 7 nitrogen and oxygen atoms in total. The Morgan fingerprint density at radius 2 is 2.10 bits per heavy atom. The highest BCUT2D eigenvalue weighted by Gasteiger charge is 2.42. The lowest BCUT2D eigenvalue weighted by Gasteiger charge is -2.37.